The predicted molar refractivity (Wildman–Crippen MR) is 65.2 cm³/mol. The van der Waals surface area contributed by atoms with Crippen molar-refractivity contribution in [1.82, 2.24) is 4.90 Å². The molecule has 5 heteroatoms. The van der Waals surface area contributed by atoms with Gasteiger partial charge in [-0.15, -0.1) is 0 Å². The zero-order chi connectivity index (χ0) is 12.4. The first-order chi connectivity index (χ1) is 7.23. The van der Waals surface area contributed by atoms with Crippen LogP contribution in [-0.2, 0) is 9.84 Å². The van der Waals surface area contributed by atoms with Crippen molar-refractivity contribution < 1.29 is 13.5 Å². The molecule has 0 radical (unpaired) electrons. The molecule has 1 rings (SSSR count). The average molecular weight is 249 g/mol. The first-order valence-electron chi connectivity index (χ1n) is 5.84. The molecule has 0 aromatic rings. The fourth-order valence-electron chi connectivity index (χ4n) is 1.86. The highest BCUT2D eigenvalue weighted by atomic mass is 32.2. The topological polar surface area (TPSA) is 57.6 Å². The summed E-state index contributed by atoms with van der Waals surface area (Å²) in [5, 5.41) is 9.64. The Bertz CT molecular complexity index is 322. The molecule has 1 aliphatic heterocycles. The van der Waals surface area contributed by atoms with E-state index in [1.165, 1.54) is 0 Å². The lowest BCUT2D eigenvalue weighted by molar-refractivity contribution is 0.0364. The third kappa shape index (κ3) is 4.03. The third-order valence-electron chi connectivity index (χ3n) is 3.41. The number of nitrogens with zero attached hydrogens (tertiary/aromatic N) is 1. The molecule has 0 aromatic heterocycles. The van der Waals surface area contributed by atoms with Crippen LogP contribution in [0.15, 0.2) is 0 Å². The molecule has 1 atom stereocenters. The van der Waals surface area contributed by atoms with Crippen molar-refractivity contribution in [3.05, 3.63) is 0 Å². The zero-order valence-electron chi connectivity index (χ0n) is 10.4. The van der Waals surface area contributed by atoms with E-state index >= 15 is 0 Å². The summed E-state index contributed by atoms with van der Waals surface area (Å²) in [4.78, 5) is 2.15. The number of aliphatic hydroxyl groups excluding tert-OH is 1. The van der Waals surface area contributed by atoms with Gasteiger partial charge in [0.15, 0.2) is 9.84 Å². The Morgan fingerprint density at radius 2 is 1.94 bits per heavy atom. The predicted octanol–water partition coefficient (Wildman–Crippen LogP) is 0.514. The van der Waals surface area contributed by atoms with Gasteiger partial charge in [-0.25, -0.2) is 8.42 Å². The second kappa shape index (κ2) is 5.02. The Morgan fingerprint density at radius 1 is 1.31 bits per heavy atom. The lowest BCUT2D eigenvalue weighted by Gasteiger charge is -2.34. The highest BCUT2D eigenvalue weighted by Crippen LogP contribution is 2.22. The molecule has 0 amide bonds. The molecule has 4 nitrogen and oxygen atoms in total. The largest absolute Gasteiger partial charge is 0.393 e. The molecule has 0 saturated carbocycles. The molecule has 16 heavy (non-hydrogen) atoms. The Labute approximate surface area is 98.6 Å². The number of sulfone groups is 1. The second-order valence-corrected chi connectivity index (χ2v) is 7.75. The van der Waals surface area contributed by atoms with Gasteiger partial charge in [0.25, 0.3) is 0 Å². The minimum Gasteiger partial charge on any atom is -0.393 e. The van der Waals surface area contributed by atoms with Gasteiger partial charge in [-0.05, 0) is 19.9 Å². The smallest absolute Gasteiger partial charge is 0.151 e. The van der Waals surface area contributed by atoms with E-state index in [0.717, 1.165) is 13.1 Å². The van der Waals surface area contributed by atoms with Crippen LogP contribution in [0.5, 0.6) is 0 Å². The summed E-state index contributed by atoms with van der Waals surface area (Å²) in [6.45, 7) is 7.97. The standard InChI is InChI=1S/C11H23NO3S/c1-10(13)11(2,3)9-12-5-4-7-16(14,15)8-6-12/h10,13H,4-9H2,1-3H3. The maximum Gasteiger partial charge on any atom is 0.151 e. The van der Waals surface area contributed by atoms with E-state index in [1.54, 1.807) is 6.92 Å². The molecule has 1 unspecified atom stereocenters. The summed E-state index contributed by atoms with van der Waals surface area (Å²) in [5.41, 5.74) is -0.186. The van der Waals surface area contributed by atoms with Crippen molar-refractivity contribution in [2.45, 2.75) is 33.3 Å². The first kappa shape index (κ1) is 13.9. The number of aliphatic hydroxyl groups is 1. The van der Waals surface area contributed by atoms with E-state index in [2.05, 4.69) is 4.90 Å². The van der Waals surface area contributed by atoms with E-state index in [-0.39, 0.29) is 17.3 Å². The minimum atomic E-state index is -2.83. The van der Waals surface area contributed by atoms with Gasteiger partial charge >= 0.3 is 0 Å². The summed E-state index contributed by atoms with van der Waals surface area (Å²) in [6, 6.07) is 0. The maximum atomic E-state index is 11.4. The van der Waals surface area contributed by atoms with Crippen LogP contribution < -0.4 is 0 Å². The van der Waals surface area contributed by atoms with E-state index in [4.69, 9.17) is 0 Å². The van der Waals surface area contributed by atoms with Gasteiger partial charge in [-0.3, -0.25) is 0 Å². The molecular weight excluding hydrogens is 226 g/mol. The van der Waals surface area contributed by atoms with Crippen LogP contribution in [0.1, 0.15) is 27.2 Å². The SMILES string of the molecule is CC(O)C(C)(C)CN1CCCS(=O)(=O)CC1. The van der Waals surface area contributed by atoms with Crippen LogP contribution >= 0.6 is 0 Å². The molecule has 1 heterocycles. The van der Waals surface area contributed by atoms with Gasteiger partial charge in [-0.2, -0.15) is 0 Å². The van der Waals surface area contributed by atoms with Crippen LogP contribution in [0.25, 0.3) is 0 Å². The second-order valence-electron chi connectivity index (χ2n) is 5.45. The van der Waals surface area contributed by atoms with Gasteiger partial charge in [0.1, 0.15) is 0 Å². The van der Waals surface area contributed by atoms with E-state index < -0.39 is 9.84 Å². The van der Waals surface area contributed by atoms with Crippen molar-refractivity contribution in [2.24, 2.45) is 5.41 Å². The summed E-state index contributed by atoms with van der Waals surface area (Å²) >= 11 is 0. The fourth-order valence-corrected chi connectivity index (χ4v) is 3.17. The van der Waals surface area contributed by atoms with Gasteiger partial charge in [0.2, 0.25) is 0 Å². The number of rotatable bonds is 3. The van der Waals surface area contributed by atoms with E-state index in [9.17, 15) is 13.5 Å². The third-order valence-corrected chi connectivity index (χ3v) is 5.13. The summed E-state index contributed by atoms with van der Waals surface area (Å²) in [7, 11) is -2.83. The van der Waals surface area contributed by atoms with Crippen molar-refractivity contribution >= 4 is 9.84 Å². The minimum absolute atomic E-state index is 0.186. The van der Waals surface area contributed by atoms with Crippen LogP contribution in [0.2, 0.25) is 0 Å². The Morgan fingerprint density at radius 3 is 2.50 bits per heavy atom. The molecule has 1 N–H and O–H groups in total. The summed E-state index contributed by atoms with van der Waals surface area (Å²) in [6.07, 6.45) is 0.324. The monoisotopic (exact) mass is 249 g/mol. The first-order valence-corrected chi connectivity index (χ1v) is 7.66. The van der Waals surface area contributed by atoms with Crippen molar-refractivity contribution in [2.75, 3.05) is 31.1 Å². The van der Waals surface area contributed by atoms with Crippen molar-refractivity contribution in [1.29, 1.82) is 0 Å². The lowest BCUT2D eigenvalue weighted by atomic mass is 9.87. The lowest BCUT2D eigenvalue weighted by Crippen LogP contribution is -2.41. The zero-order valence-corrected chi connectivity index (χ0v) is 11.3. The molecule has 96 valence electrons. The summed E-state index contributed by atoms with van der Waals surface area (Å²) in [5.74, 6) is 0.557. The highest BCUT2D eigenvalue weighted by molar-refractivity contribution is 7.91. The molecule has 0 aromatic carbocycles. The highest BCUT2D eigenvalue weighted by Gasteiger charge is 2.28. The number of hydrogen-bond donors (Lipinski definition) is 1. The molecule has 1 saturated heterocycles. The Kier molecular flexibility index (Phi) is 4.37. The summed E-state index contributed by atoms with van der Waals surface area (Å²) < 4.78 is 22.9. The Balaban J connectivity index is 2.57. The normalized spacial score (nSPS) is 25.0. The van der Waals surface area contributed by atoms with Crippen LogP contribution in [0, 0.1) is 5.41 Å². The molecule has 0 spiro atoms. The van der Waals surface area contributed by atoms with Crippen molar-refractivity contribution in [3.8, 4) is 0 Å². The van der Waals surface area contributed by atoms with E-state index in [0.29, 0.717) is 18.7 Å². The Hall–Kier alpha value is -0.130. The molecule has 1 aliphatic rings. The van der Waals surface area contributed by atoms with E-state index in [1.807, 2.05) is 13.8 Å². The van der Waals surface area contributed by atoms with Crippen LogP contribution in [0.3, 0.4) is 0 Å². The van der Waals surface area contributed by atoms with Gasteiger partial charge in [0, 0.05) is 18.5 Å². The van der Waals surface area contributed by atoms with Crippen LogP contribution in [-0.4, -0.2) is 55.7 Å². The quantitative estimate of drug-likeness (QED) is 0.792. The average Bonchev–Trinajstić information content (AvgIpc) is 2.27. The maximum absolute atomic E-state index is 11.4. The van der Waals surface area contributed by atoms with Crippen molar-refractivity contribution in [3.63, 3.8) is 0 Å². The van der Waals surface area contributed by atoms with Gasteiger partial charge in [-0.1, -0.05) is 13.8 Å². The van der Waals surface area contributed by atoms with Gasteiger partial charge in [0.05, 0.1) is 17.6 Å². The van der Waals surface area contributed by atoms with Crippen LogP contribution in [0.4, 0.5) is 0 Å². The molecular formula is C11H23NO3S. The molecule has 0 aliphatic carbocycles. The molecule has 1 fully saturated rings. The molecule has 0 bridgehead atoms. The number of hydrogen-bond acceptors (Lipinski definition) is 4. The fraction of sp³-hybridized carbons (Fsp3) is 1.00. The van der Waals surface area contributed by atoms with Gasteiger partial charge < -0.3 is 10.0 Å².